The Morgan fingerprint density at radius 3 is 2.22 bits per heavy atom. The summed E-state index contributed by atoms with van der Waals surface area (Å²) in [6.07, 6.45) is 4.98. The summed E-state index contributed by atoms with van der Waals surface area (Å²) in [5.74, 6) is -3.55. The lowest BCUT2D eigenvalue weighted by Crippen LogP contribution is -2.52. The van der Waals surface area contributed by atoms with E-state index in [-0.39, 0.29) is 25.5 Å². The number of hydrazine groups is 1. The fourth-order valence-corrected chi connectivity index (χ4v) is 4.01. The number of aliphatic hydroxyl groups excluding tert-OH is 1. The molecule has 9 nitrogen and oxygen atoms in total. The van der Waals surface area contributed by atoms with Gasteiger partial charge in [-0.15, -0.1) is 4.41 Å². The number of nitrogens with zero attached hydrogens (tertiary/aromatic N) is 1. The highest BCUT2D eigenvalue weighted by atomic mass is 32.2. The summed E-state index contributed by atoms with van der Waals surface area (Å²) in [5, 5.41) is 18.5. The maximum atomic E-state index is 13.1. The molecule has 0 unspecified atom stereocenters. The standard InChI is InChI=1S/C22H35N3O6S/c1-16(2)13-20(21(27)23-25(32(4,30)31)14-17(3)15-26)19(22(28)24-29)12-8-11-18-9-6-5-7-10-18/h5-11,16-17,19-20,26,29H,12-15H2,1-4H3,(H,23,27)(H,24,28)/t17-,19-,20+/m0/s1. The van der Waals surface area contributed by atoms with Crippen LogP contribution in [0.3, 0.4) is 0 Å². The van der Waals surface area contributed by atoms with E-state index in [0.717, 1.165) is 16.2 Å². The van der Waals surface area contributed by atoms with Crippen LogP contribution in [-0.4, -0.2) is 54.4 Å². The molecule has 0 aliphatic rings. The van der Waals surface area contributed by atoms with Crippen LogP contribution in [-0.2, 0) is 19.6 Å². The number of hydrogen-bond donors (Lipinski definition) is 4. The van der Waals surface area contributed by atoms with Gasteiger partial charge in [-0.1, -0.05) is 63.3 Å². The van der Waals surface area contributed by atoms with Gasteiger partial charge in [0.25, 0.3) is 0 Å². The van der Waals surface area contributed by atoms with Crippen LogP contribution in [0, 0.1) is 23.7 Å². The predicted octanol–water partition coefficient (Wildman–Crippen LogP) is 1.79. The van der Waals surface area contributed by atoms with Gasteiger partial charge in [0.05, 0.1) is 18.1 Å². The summed E-state index contributed by atoms with van der Waals surface area (Å²) in [6.45, 7) is 5.05. The van der Waals surface area contributed by atoms with Crippen LogP contribution in [0.15, 0.2) is 36.4 Å². The van der Waals surface area contributed by atoms with Crippen LogP contribution < -0.4 is 10.9 Å². The highest BCUT2D eigenvalue weighted by molar-refractivity contribution is 7.88. The minimum absolute atomic E-state index is 0.0286. The number of sulfonamides is 1. The molecule has 1 aromatic rings. The van der Waals surface area contributed by atoms with Crippen molar-refractivity contribution in [3.05, 3.63) is 42.0 Å². The van der Waals surface area contributed by atoms with Crippen LogP contribution in [0.25, 0.3) is 6.08 Å². The van der Waals surface area contributed by atoms with E-state index in [4.69, 9.17) is 0 Å². The first kappa shape index (κ1) is 27.8. The Kier molecular flexibility index (Phi) is 11.6. The van der Waals surface area contributed by atoms with Gasteiger partial charge in [-0.25, -0.2) is 13.9 Å². The SMILES string of the molecule is CC(C)C[C@@H](C(=O)NN(C[C@H](C)CO)S(C)(=O)=O)[C@H](CC=Cc1ccccc1)C(=O)NO. The number of carbonyl (C=O) groups is 2. The number of benzene rings is 1. The molecule has 10 heteroatoms. The smallest absolute Gasteiger partial charge is 0.247 e. The Hall–Kier alpha value is -2.27. The molecule has 0 saturated carbocycles. The van der Waals surface area contributed by atoms with Crippen molar-refractivity contribution in [1.82, 2.24) is 15.3 Å². The maximum Gasteiger partial charge on any atom is 0.247 e. The summed E-state index contributed by atoms with van der Waals surface area (Å²) in [4.78, 5) is 25.6. The average molecular weight is 470 g/mol. The summed E-state index contributed by atoms with van der Waals surface area (Å²) >= 11 is 0. The van der Waals surface area contributed by atoms with Gasteiger partial charge in [0.1, 0.15) is 0 Å². The van der Waals surface area contributed by atoms with E-state index in [1.54, 1.807) is 18.5 Å². The second kappa shape index (κ2) is 13.3. The van der Waals surface area contributed by atoms with Crippen molar-refractivity contribution in [3.8, 4) is 0 Å². The second-order valence-electron chi connectivity index (χ2n) is 8.43. The van der Waals surface area contributed by atoms with Gasteiger partial charge >= 0.3 is 0 Å². The third-order valence-corrected chi connectivity index (χ3v) is 5.96. The minimum atomic E-state index is -3.81. The Labute approximate surface area is 190 Å². The molecule has 0 bridgehead atoms. The normalized spacial score (nSPS) is 15.0. The second-order valence-corrected chi connectivity index (χ2v) is 10.3. The largest absolute Gasteiger partial charge is 0.396 e. The molecule has 0 saturated heterocycles. The van der Waals surface area contributed by atoms with E-state index in [0.29, 0.717) is 6.42 Å². The molecular formula is C22H35N3O6S. The maximum absolute atomic E-state index is 13.1. The van der Waals surface area contributed by atoms with Crippen LogP contribution in [0.4, 0.5) is 0 Å². The summed E-state index contributed by atoms with van der Waals surface area (Å²) in [6, 6.07) is 9.41. The van der Waals surface area contributed by atoms with Crippen LogP contribution in [0.2, 0.25) is 0 Å². The number of allylic oxidation sites excluding steroid dienone is 1. The molecule has 1 aromatic carbocycles. The predicted molar refractivity (Wildman–Crippen MR) is 122 cm³/mol. The van der Waals surface area contributed by atoms with E-state index >= 15 is 0 Å². The molecule has 4 N–H and O–H groups in total. The fraction of sp³-hybridized carbons (Fsp3) is 0.545. The van der Waals surface area contributed by atoms with Crippen LogP contribution >= 0.6 is 0 Å². The molecule has 3 atom stereocenters. The van der Waals surface area contributed by atoms with Gasteiger partial charge in [-0.3, -0.25) is 20.2 Å². The highest BCUT2D eigenvalue weighted by Gasteiger charge is 2.35. The molecular weight excluding hydrogens is 434 g/mol. The molecule has 0 heterocycles. The monoisotopic (exact) mass is 469 g/mol. The number of aliphatic hydroxyl groups is 1. The van der Waals surface area contributed by atoms with E-state index in [1.807, 2.05) is 50.3 Å². The van der Waals surface area contributed by atoms with Crippen molar-refractivity contribution in [2.45, 2.75) is 33.6 Å². The summed E-state index contributed by atoms with van der Waals surface area (Å²) in [5.41, 5.74) is 4.95. The number of carbonyl (C=O) groups excluding carboxylic acids is 2. The number of nitrogens with one attached hydrogen (secondary N) is 2. The molecule has 0 aliphatic carbocycles. The third-order valence-electron chi connectivity index (χ3n) is 4.92. The van der Waals surface area contributed by atoms with E-state index in [2.05, 4.69) is 5.43 Å². The van der Waals surface area contributed by atoms with Crippen molar-refractivity contribution in [1.29, 1.82) is 0 Å². The molecule has 0 radical (unpaired) electrons. The topological polar surface area (TPSA) is 136 Å². The molecule has 180 valence electrons. The quantitative estimate of drug-likeness (QED) is 0.257. The van der Waals surface area contributed by atoms with Gasteiger partial charge in [0.15, 0.2) is 0 Å². The van der Waals surface area contributed by atoms with Crippen LogP contribution in [0.5, 0.6) is 0 Å². The Morgan fingerprint density at radius 1 is 1.09 bits per heavy atom. The summed E-state index contributed by atoms with van der Waals surface area (Å²) in [7, 11) is -3.81. The zero-order valence-electron chi connectivity index (χ0n) is 19.1. The fourth-order valence-electron chi connectivity index (χ4n) is 3.22. The van der Waals surface area contributed by atoms with E-state index in [1.165, 1.54) is 0 Å². The molecule has 0 aromatic heterocycles. The lowest BCUT2D eigenvalue weighted by atomic mass is 9.82. The molecule has 2 amide bonds. The summed E-state index contributed by atoms with van der Waals surface area (Å²) < 4.78 is 25.1. The molecule has 1 rings (SSSR count). The first-order valence-corrected chi connectivity index (χ1v) is 12.4. The Morgan fingerprint density at radius 2 is 1.72 bits per heavy atom. The molecule has 0 fully saturated rings. The molecule has 0 spiro atoms. The third kappa shape index (κ3) is 9.47. The van der Waals surface area contributed by atoms with Crippen molar-refractivity contribution in [2.75, 3.05) is 19.4 Å². The minimum Gasteiger partial charge on any atom is -0.396 e. The zero-order valence-corrected chi connectivity index (χ0v) is 19.9. The number of amides is 2. The Balaban J connectivity index is 3.15. The van der Waals surface area contributed by atoms with Gasteiger partial charge < -0.3 is 5.11 Å². The van der Waals surface area contributed by atoms with Crippen molar-refractivity contribution in [3.63, 3.8) is 0 Å². The van der Waals surface area contributed by atoms with Gasteiger partial charge in [-0.05, 0) is 30.2 Å². The highest BCUT2D eigenvalue weighted by Crippen LogP contribution is 2.26. The molecule has 32 heavy (non-hydrogen) atoms. The van der Waals surface area contributed by atoms with Crippen molar-refractivity contribution in [2.24, 2.45) is 23.7 Å². The van der Waals surface area contributed by atoms with Gasteiger partial charge in [-0.2, -0.15) is 0 Å². The van der Waals surface area contributed by atoms with Crippen molar-refractivity contribution < 1.29 is 28.3 Å². The van der Waals surface area contributed by atoms with Crippen LogP contribution in [0.1, 0.15) is 39.2 Å². The average Bonchev–Trinajstić information content (AvgIpc) is 2.74. The first-order valence-electron chi connectivity index (χ1n) is 10.5. The zero-order chi connectivity index (χ0) is 24.3. The number of hydrogen-bond acceptors (Lipinski definition) is 6. The first-order chi connectivity index (χ1) is 15.0. The Bertz CT molecular complexity index is 858. The van der Waals surface area contributed by atoms with E-state index < -0.39 is 39.6 Å². The van der Waals surface area contributed by atoms with Gasteiger partial charge in [0, 0.05) is 13.2 Å². The molecule has 0 aliphatic heterocycles. The lowest BCUT2D eigenvalue weighted by Gasteiger charge is -2.29. The number of hydroxylamine groups is 1. The van der Waals surface area contributed by atoms with Crippen molar-refractivity contribution >= 4 is 27.9 Å². The van der Waals surface area contributed by atoms with Gasteiger partial charge in [0.2, 0.25) is 21.8 Å². The number of rotatable bonds is 13. The lowest BCUT2D eigenvalue weighted by molar-refractivity contribution is -0.142. The van der Waals surface area contributed by atoms with E-state index in [9.17, 15) is 28.3 Å².